The molecule has 3 aromatic rings. The van der Waals surface area contributed by atoms with Gasteiger partial charge in [0.25, 0.3) is 5.91 Å². The van der Waals surface area contributed by atoms with Crippen LogP contribution in [0.2, 0.25) is 5.15 Å². The number of benzene rings is 2. The number of nitrogens with zero attached hydrogens (tertiary/aromatic N) is 2. The monoisotopic (exact) mass is 383 g/mol. The van der Waals surface area contributed by atoms with Crippen LogP contribution < -0.4 is 10.1 Å². The molecule has 0 spiro atoms. The molecule has 0 unspecified atom stereocenters. The normalized spacial score (nSPS) is 10.7. The van der Waals surface area contributed by atoms with Gasteiger partial charge in [-0.05, 0) is 37.1 Å². The first-order valence-corrected chi connectivity index (χ1v) is 9.05. The molecule has 6 heteroatoms. The third kappa shape index (κ3) is 4.49. The van der Waals surface area contributed by atoms with Gasteiger partial charge in [-0.3, -0.25) is 4.79 Å². The highest BCUT2D eigenvalue weighted by atomic mass is 35.5. The van der Waals surface area contributed by atoms with Crippen LogP contribution in [-0.4, -0.2) is 22.8 Å². The average molecular weight is 384 g/mol. The van der Waals surface area contributed by atoms with E-state index in [0.717, 1.165) is 16.9 Å². The van der Waals surface area contributed by atoms with Crippen LogP contribution in [0, 0.1) is 13.8 Å². The van der Waals surface area contributed by atoms with Crippen LogP contribution >= 0.6 is 11.6 Å². The van der Waals surface area contributed by atoms with Gasteiger partial charge < -0.3 is 10.1 Å². The van der Waals surface area contributed by atoms with E-state index in [-0.39, 0.29) is 5.91 Å². The van der Waals surface area contributed by atoms with Crippen molar-refractivity contribution in [2.24, 2.45) is 0 Å². The Bertz CT molecular complexity index is 949. The molecule has 140 valence electrons. The van der Waals surface area contributed by atoms with Crippen LogP contribution in [-0.2, 0) is 13.1 Å². The molecule has 0 bridgehead atoms. The molecular formula is C21H22ClN3O2. The number of carbonyl (C=O) groups excluding carboxylic acids is 1. The molecule has 0 aliphatic rings. The van der Waals surface area contributed by atoms with Gasteiger partial charge >= 0.3 is 0 Å². The minimum absolute atomic E-state index is 0.240. The second-order valence-corrected chi connectivity index (χ2v) is 6.79. The summed E-state index contributed by atoms with van der Waals surface area (Å²) < 4.78 is 6.86. The highest BCUT2D eigenvalue weighted by Gasteiger charge is 2.20. The van der Waals surface area contributed by atoms with E-state index in [1.165, 1.54) is 5.56 Å². The number of hydrogen-bond donors (Lipinski definition) is 1. The van der Waals surface area contributed by atoms with Gasteiger partial charge in [0.1, 0.15) is 10.9 Å². The van der Waals surface area contributed by atoms with Crippen LogP contribution in [0.25, 0.3) is 0 Å². The minimum atomic E-state index is -0.240. The summed E-state index contributed by atoms with van der Waals surface area (Å²) in [7, 11) is 1.61. The van der Waals surface area contributed by atoms with E-state index in [0.29, 0.717) is 29.5 Å². The number of rotatable bonds is 6. The summed E-state index contributed by atoms with van der Waals surface area (Å²) in [5.41, 5.74) is 4.23. The molecule has 0 aliphatic heterocycles. The smallest absolute Gasteiger partial charge is 0.256 e. The number of nitrogens with one attached hydrogen (secondary N) is 1. The summed E-state index contributed by atoms with van der Waals surface area (Å²) >= 11 is 6.45. The number of amides is 1. The summed E-state index contributed by atoms with van der Waals surface area (Å²) in [5.74, 6) is 0.511. The molecule has 1 aromatic heterocycles. The molecule has 1 heterocycles. The summed E-state index contributed by atoms with van der Waals surface area (Å²) in [5, 5.41) is 7.68. The number of methoxy groups -OCH3 is 1. The Morgan fingerprint density at radius 1 is 1.15 bits per heavy atom. The fraction of sp³-hybridized carbons (Fsp3) is 0.238. The van der Waals surface area contributed by atoms with Gasteiger partial charge in [-0.15, -0.1) is 0 Å². The van der Waals surface area contributed by atoms with E-state index >= 15 is 0 Å². The number of aromatic nitrogens is 2. The fourth-order valence-corrected chi connectivity index (χ4v) is 3.16. The molecule has 1 amide bonds. The zero-order valence-electron chi connectivity index (χ0n) is 15.6. The number of carbonyl (C=O) groups is 1. The lowest BCUT2D eigenvalue weighted by atomic mass is 10.1. The van der Waals surface area contributed by atoms with Gasteiger partial charge in [0, 0.05) is 6.54 Å². The second kappa shape index (κ2) is 8.27. The van der Waals surface area contributed by atoms with Crippen molar-refractivity contribution in [2.75, 3.05) is 7.11 Å². The lowest BCUT2D eigenvalue weighted by molar-refractivity contribution is 0.0950. The summed E-state index contributed by atoms with van der Waals surface area (Å²) in [6.07, 6.45) is 0. The lowest BCUT2D eigenvalue weighted by Gasteiger charge is -2.07. The van der Waals surface area contributed by atoms with Crippen molar-refractivity contribution in [1.82, 2.24) is 15.1 Å². The summed E-state index contributed by atoms with van der Waals surface area (Å²) in [6.45, 7) is 4.73. The third-order valence-corrected chi connectivity index (χ3v) is 4.72. The van der Waals surface area contributed by atoms with Gasteiger partial charge in [-0.25, -0.2) is 4.68 Å². The van der Waals surface area contributed by atoms with Gasteiger partial charge in [-0.1, -0.05) is 53.6 Å². The Morgan fingerprint density at radius 3 is 2.59 bits per heavy atom. The SMILES string of the molecule is COc1cccc(CNC(=O)c2c(C)nn(Cc3ccc(C)cc3)c2Cl)c1. The maximum absolute atomic E-state index is 12.6. The zero-order chi connectivity index (χ0) is 19.4. The van der Waals surface area contributed by atoms with E-state index in [1.54, 1.807) is 18.7 Å². The topological polar surface area (TPSA) is 56.1 Å². The minimum Gasteiger partial charge on any atom is -0.497 e. The molecule has 0 fully saturated rings. The Morgan fingerprint density at radius 2 is 1.89 bits per heavy atom. The second-order valence-electron chi connectivity index (χ2n) is 6.43. The molecule has 0 saturated carbocycles. The van der Waals surface area contributed by atoms with Crippen molar-refractivity contribution in [3.8, 4) is 5.75 Å². The first-order valence-electron chi connectivity index (χ1n) is 8.67. The number of hydrogen-bond acceptors (Lipinski definition) is 3. The Balaban J connectivity index is 1.73. The van der Waals surface area contributed by atoms with Crippen LogP contribution in [0.15, 0.2) is 48.5 Å². The summed E-state index contributed by atoms with van der Waals surface area (Å²) in [4.78, 5) is 12.6. The summed E-state index contributed by atoms with van der Waals surface area (Å²) in [6, 6.07) is 15.7. The van der Waals surface area contributed by atoms with Gasteiger partial charge in [-0.2, -0.15) is 5.10 Å². The quantitative estimate of drug-likeness (QED) is 0.696. The fourth-order valence-electron chi connectivity index (χ4n) is 2.84. The van der Waals surface area contributed by atoms with Crippen molar-refractivity contribution >= 4 is 17.5 Å². The number of aryl methyl sites for hydroxylation is 2. The first-order chi connectivity index (χ1) is 13.0. The molecule has 0 radical (unpaired) electrons. The highest BCUT2D eigenvalue weighted by Crippen LogP contribution is 2.21. The van der Waals surface area contributed by atoms with Gasteiger partial charge in [0.2, 0.25) is 0 Å². The molecule has 1 N–H and O–H groups in total. The van der Waals surface area contributed by atoms with Crippen LogP contribution in [0.5, 0.6) is 5.75 Å². The molecule has 2 aromatic carbocycles. The maximum Gasteiger partial charge on any atom is 0.256 e. The van der Waals surface area contributed by atoms with Crippen LogP contribution in [0.3, 0.4) is 0 Å². The Hall–Kier alpha value is -2.79. The predicted molar refractivity (Wildman–Crippen MR) is 106 cm³/mol. The molecule has 5 nitrogen and oxygen atoms in total. The molecule has 3 rings (SSSR count). The molecule has 0 aliphatic carbocycles. The average Bonchev–Trinajstić information content (AvgIpc) is 2.95. The van der Waals surface area contributed by atoms with Crippen LogP contribution in [0.1, 0.15) is 32.7 Å². The van der Waals surface area contributed by atoms with E-state index in [1.807, 2.05) is 55.5 Å². The van der Waals surface area contributed by atoms with Crippen molar-refractivity contribution < 1.29 is 9.53 Å². The zero-order valence-corrected chi connectivity index (χ0v) is 16.4. The van der Waals surface area contributed by atoms with E-state index in [9.17, 15) is 4.79 Å². The van der Waals surface area contributed by atoms with Crippen molar-refractivity contribution in [3.05, 3.63) is 81.6 Å². The van der Waals surface area contributed by atoms with Crippen molar-refractivity contribution in [3.63, 3.8) is 0 Å². The van der Waals surface area contributed by atoms with E-state index < -0.39 is 0 Å². The third-order valence-electron chi connectivity index (χ3n) is 4.33. The van der Waals surface area contributed by atoms with Crippen molar-refractivity contribution in [1.29, 1.82) is 0 Å². The van der Waals surface area contributed by atoms with Crippen molar-refractivity contribution in [2.45, 2.75) is 26.9 Å². The largest absolute Gasteiger partial charge is 0.497 e. The molecule has 0 saturated heterocycles. The standard InChI is InChI=1S/C21H22ClN3O2/c1-14-7-9-16(10-8-14)13-25-20(22)19(15(2)24-25)21(26)23-12-17-5-4-6-18(11-17)27-3/h4-11H,12-13H2,1-3H3,(H,23,26). The molecular weight excluding hydrogens is 362 g/mol. The Kier molecular flexibility index (Phi) is 5.81. The maximum atomic E-state index is 12.6. The Labute approximate surface area is 163 Å². The van der Waals surface area contributed by atoms with Gasteiger partial charge in [0.15, 0.2) is 0 Å². The van der Waals surface area contributed by atoms with E-state index in [4.69, 9.17) is 16.3 Å². The number of halogens is 1. The molecule has 27 heavy (non-hydrogen) atoms. The highest BCUT2D eigenvalue weighted by molar-refractivity contribution is 6.33. The first kappa shape index (κ1) is 19.0. The molecule has 0 atom stereocenters. The van der Waals surface area contributed by atoms with E-state index in [2.05, 4.69) is 10.4 Å². The predicted octanol–water partition coefficient (Wildman–Crippen LogP) is 4.14. The van der Waals surface area contributed by atoms with Gasteiger partial charge in [0.05, 0.1) is 24.9 Å². The number of ether oxygens (including phenoxy) is 1. The lowest BCUT2D eigenvalue weighted by Crippen LogP contribution is -2.23. The van der Waals surface area contributed by atoms with Crippen LogP contribution in [0.4, 0.5) is 0 Å².